The standard InChI is InChI=1S/C14H19NO2/c1-10-2-4-12(15-9-10)11-3-5-13-14(8-11)17-7-6-16-13/h3,5,8,10,12,15H,2,4,6-7,9H2,1H3. The van der Waals surface area contributed by atoms with Crippen LogP contribution in [-0.4, -0.2) is 19.8 Å². The molecule has 0 aliphatic carbocycles. The third-order valence-electron chi connectivity index (χ3n) is 3.63. The van der Waals surface area contributed by atoms with Gasteiger partial charge in [-0.15, -0.1) is 0 Å². The molecule has 92 valence electrons. The maximum Gasteiger partial charge on any atom is 0.161 e. The molecule has 3 nitrogen and oxygen atoms in total. The molecule has 1 N–H and O–H groups in total. The molecule has 0 amide bonds. The maximum atomic E-state index is 5.62. The average molecular weight is 233 g/mol. The van der Waals surface area contributed by atoms with Gasteiger partial charge in [0.2, 0.25) is 0 Å². The fourth-order valence-electron chi connectivity index (χ4n) is 2.56. The fraction of sp³-hybridized carbons (Fsp3) is 0.571. The van der Waals surface area contributed by atoms with Crippen molar-refractivity contribution in [3.8, 4) is 11.5 Å². The summed E-state index contributed by atoms with van der Waals surface area (Å²) in [7, 11) is 0. The van der Waals surface area contributed by atoms with Crippen LogP contribution >= 0.6 is 0 Å². The van der Waals surface area contributed by atoms with Gasteiger partial charge >= 0.3 is 0 Å². The first-order valence-corrected chi connectivity index (χ1v) is 6.46. The maximum absolute atomic E-state index is 5.62. The molecular formula is C14H19NO2. The first-order valence-electron chi connectivity index (χ1n) is 6.46. The molecule has 0 bridgehead atoms. The van der Waals surface area contributed by atoms with E-state index in [1.54, 1.807) is 0 Å². The van der Waals surface area contributed by atoms with Gasteiger partial charge in [0.1, 0.15) is 13.2 Å². The molecule has 0 aromatic heterocycles. The van der Waals surface area contributed by atoms with Crippen molar-refractivity contribution in [3.63, 3.8) is 0 Å². The Morgan fingerprint density at radius 3 is 2.71 bits per heavy atom. The van der Waals surface area contributed by atoms with Gasteiger partial charge in [-0.2, -0.15) is 0 Å². The van der Waals surface area contributed by atoms with Crippen LogP contribution in [-0.2, 0) is 0 Å². The molecule has 2 atom stereocenters. The van der Waals surface area contributed by atoms with E-state index in [0.717, 1.165) is 24.0 Å². The fourth-order valence-corrected chi connectivity index (χ4v) is 2.56. The Hall–Kier alpha value is -1.22. The summed E-state index contributed by atoms with van der Waals surface area (Å²) >= 11 is 0. The summed E-state index contributed by atoms with van der Waals surface area (Å²) in [4.78, 5) is 0. The van der Waals surface area contributed by atoms with Gasteiger partial charge in [0.25, 0.3) is 0 Å². The summed E-state index contributed by atoms with van der Waals surface area (Å²) in [5.41, 5.74) is 1.32. The molecule has 1 aromatic carbocycles. The van der Waals surface area contributed by atoms with Crippen molar-refractivity contribution in [2.24, 2.45) is 5.92 Å². The quantitative estimate of drug-likeness (QED) is 0.808. The van der Waals surface area contributed by atoms with E-state index in [4.69, 9.17) is 9.47 Å². The number of rotatable bonds is 1. The second-order valence-corrected chi connectivity index (χ2v) is 5.05. The van der Waals surface area contributed by atoms with Crippen LogP contribution in [0.25, 0.3) is 0 Å². The highest BCUT2D eigenvalue weighted by molar-refractivity contribution is 5.44. The van der Waals surface area contributed by atoms with Gasteiger partial charge in [-0.3, -0.25) is 0 Å². The van der Waals surface area contributed by atoms with E-state index in [2.05, 4.69) is 24.4 Å². The molecule has 17 heavy (non-hydrogen) atoms. The Kier molecular flexibility index (Phi) is 2.93. The highest BCUT2D eigenvalue weighted by Crippen LogP contribution is 2.34. The second kappa shape index (κ2) is 4.57. The minimum absolute atomic E-state index is 0.474. The first kappa shape index (κ1) is 10.9. The Morgan fingerprint density at radius 1 is 1.12 bits per heavy atom. The normalized spacial score (nSPS) is 27.8. The van der Waals surface area contributed by atoms with E-state index in [1.165, 1.54) is 18.4 Å². The zero-order chi connectivity index (χ0) is 11.7. The lowest BCUT2D eigenvalue weighted by molar-refractivity contribution is 0.171. The number of hydrogen-bond acceptors (Lipinski definition) is 3. The summed E-state index contributed by atoms with van der Waals surface area (Å²) in [6.45, 7) is 4.73. The summed E-state index contributed by atoms with van der Waals surface area (Å²) in [5.74, 6) is 2.57. The third-order valence-corrected chi connectivity index (χ3v) is 3.63. The lowest BCUT2D eigenvalue weighted by Crippen LogP contribution is -2.31. The van der Waals surface area contributed by atoms with Gasteiger partial charge in [0.05, 0.1) is 0 Å². The van der Waals surface area contributed by atoms with Crippen molar-refractivity contribution in [2.75, 3.05) is 19.8 Å². The minimum atomic E-state index is 0.474. The van der Waals surface area contributed by atoms with Gasteiger partial charge in [0, 0.05) is 6.04 Å². The number of hydrogen-bond donors (Lipinski definition) is 1. The van der Waals surface area contributed by atoms with Gasteiger partial charge in [-0.05, 0) is 43.0 Å². The predicted octanol–water partition coefficient (Wildman–Crippen LogP) is 2.52. The molecule has 1 aromatic rings. The molecule has 1 fully saturated rings. The molecule has 3 rings (SSSR count). The molecule has 1 saturated heterocycles. The predicted molar refractivity (Wildman–Crippen MR) is 66.6 cm³/mol. The second-order valence-electron chi connectivity index (χ2n) is 5.05. The van der Waals surface area contributed by atoms with Crippen LogP contribution in [0.5, 0.6) is 11.5 Å². The smallest absolute Gasteiger partial charge is 0.161 e. The van der Waals surface area contributed by atoms with Crippen LogP contribution in [0.1, 0.15) is 31.4 Å². The number of benzene rings is 1. The Balaban J connectivity index is 1.79. The summed E-state index contributed by atoms with van der Waals surface area (Å²) in [6.07, 6.45) is 2.51. The zero-order valence-electron chi connectivity index (χ0n) is 10.2. The van der Waals surface area contributed by atoms with Gasteiger partial charge in [-0.25, -0.2) is 0 Å². The van der Waals surface area contributed by atoms with Crippen LogP contribution < -0.4 is 14.8 Å². The highest BCUT2D eigenvalue weighted by atomic mass is 16.6. The monoisotopic (exact) mass is 233 g/mol. The Labute approximate surface area is 102 Å². The van der Waals surface area contributed by atoms with Crippen molar-refractivity contribution < 1.29 is 9.47 Å². The van der Waals surface area contributed by atoms with E-state index in [9.17, 15) is 0 Å². The van der Waals surface area contributed by atoms with E-state index in [-0.39, 0.29) is 0 Å². The molecule has 3 heteroatoms. The summed E-state index contributed by atoms with van der Waals surface area (Å²) < 4.78 is 11.2. The lowest BCUT2D eigenvalue weighted by Gasteiger charge is -2.29. The first-order chi connectivity index (χ1) is 8.33. The highest BCUT2D eigenvalue weighted by Gasteiger charge is 2.21. The van der Waals surface area contributed by atoms with Crippen LogP contribution in [0.2, 0.25) is 0 Å². The van der Waals surface area contributed by atoms with Crippen molar-refractivity contribution >= 4 is 0 Å². The van der Waals surface area contributed by atoms with E-state index >= 15 is 0 Å². The van der Waals surface area contributed by atoms with Crippen LogP contribution in [0.3, 0.4) is 0 Å². The average Bonchev–Trinajstić information content (AvgIpc) is 2.39. The molecule has 2 aliphatic heterocycles. The number of nitrogens with one attached hydrogen (secondary N) is 1. The molecule has 2 unspecified atom stereocenters. The van der Waals surface area contributed by atoms with Crippen molar-refractivity contribution in [1.82, 2.24) is 5.32 Å². The lowest BCUT2D eigenvalue weighted by atomic mass is 9.92. The van der Waals surface area contributed by atoms with Crippen molar-refractivity contribution in [2.45, 2.75) is 25.8 Å². The molecule has 2 heterocycles. The SMILES string of the molecule is CC1CCC(c2ccc3c(c2)OCCO3)NC1. The molecule has 0 radical (unpaired) electrons. The van der Waals surface area contributed by atoms with Gasteiger partial charge in [-0.1, -0.05) is 13.0 Å². The van der Waals surface area contributed by atoms with E-state index < -0.39 is 0 Å². The number of piperidine rings is 1. The van der Waals surface area contributed by atoms with Gasteiger partial charge in [0.15, 0.2) is 11.5 Å². The summed E-state index contributed by atoms with van der Waals surface area (Å²) in [6, 6.07) is 6.79. The third kappa shape index (κ3) is 2.25. The number of fused-ring (bicyclic) bond motifs is 1. The van der Waals surface area contributed by atoms with E-state index in [1.807, 2.05) is 6.07 Å². The molecule has 0 spiro atoms. The Morgan fingerprint density at radius 2 is 1.94 bits per heavy atom. The van der Waals surface area contributed by atoms with Crippen LogP contribution in [0, 0.1) is 5.92 Å². The minimum Gasteiger partial charge on any atom is -0.486 e. The zero-order valence-corrected chi connectivity index (χ0v) is 10.2. The molecule has 0 saturated carbocycles. The summed E-state index contributed by atoms with van der Waals surface area (Å²) in [5, 5.41) is 3.60. The van der Waals surface area contributed by atoms with Gasteiger partial charge < -0.3 is 14.8 Å². The van der Waals surface area contributed by atoms with Crippen molar-refractivity contribution in [3.05, 3.63) is 23.8 Å². The van der Waals surface area contributed by atoms with Crippen molar-refractivity contribution in [1.29, 1.82) is 0 Å². The van der Waals surface area contributed by atoms with E-state index in [0.29, 0.717) is 19.3 Å². The molecular weight excluding hydrogens is 214 g/mol. The number of ether oxygens (including phenoxy) is 2. The molecule has 2 aliphatic rings. The topological polar surface area (TPSA) is 30.5 Å². The Bertz CT molecular complexity index is 397. The van der Waals surface area contributed by atoms with Crippen LogP contribution in [0.4, 0.5) is 0 Å². The largest absolute Gasteiger partial charge is 0.486 e. The van der Waals surface area contributed by atoms with Crippen LogP contribution in [0.15, 0.2) is 18.2 Å².